The summed E-state index contributed by atoms with van der Waals surface area (Å²) < 4.78 is 13.5. The molecule has 1 fully saturated rings. The Bertz CT molecular complexity index is 686. The van der Waals surface area contributed by atoms with Crippen molar-refractivity contribution in [1.82, 2.24) is 15.3 Å². The van der Waals surface area contributed by atoms with Gasteiger partial charge in [0.2, 0.25) is 11.9 Å². The first-order valence-corrected chi connectivity index (χ1v) is 7.79. The molecule has 0 radical (unpaired) electrons. The fourth-order valence-electron chi connectivity index (χ4n) is 2.62. The summed E-state index contributed by atoms with van der Waals surface area (Å²) in [6, 6.07) is 8.08. The minimum atomic E-state index is -0.360. The normalized spacial score (nSPS) is 14.0. The molecule has 1 aliphatic heterocycles. The second kappa shape index (κ2) is 7.17. The number of hydrogen-bond donors (Lipinski definition) is 1. The molecule has 0 bridgehead atoms. The van der Waals surface area contributed by atoms with Crippen LogP contribution in [-0.2, 0) is 17.8 Å². The maximum Gasteiger partial charge on any atom is 0.225 e. The molecule has 1 amide bonds. The smallest absolute Gasteiger partial charge is 0.225 e. The molecule has 1 aliphatic rings. The second-order valence-corrected chi connectivity index (χ2v) is 5.59. The molecule has 0 unspecified atom stereocenters. The average molecular weight is 314 g/mol. The summed E-state index contributed by atoms with van der Waals surface area (Å²) in [6.45, 7) is 2.27. The van der Waals surface area contributed by atoms with Crippen molar-refractivity contribution < 1.29 is 9.18 Å². The zero-order chi connectivity index (χ0) is 16.1. The summed E-state index contributed by atoms with van der Waals surface area (Å²) in [5.41, 5.74) is 1.15. The van der Waals surface area contributed by atoms with E-state index < -0.39 is 0 Å². The number of nitrogens with one attached hydrogen (secondary N) is 1. The molecule has 1 aromatic heterocycles. The summed E-state index contributed by atoms with van der Waals surface area (Å²) in [7, 11) is 0. The number of nitrogens with zero attached hydrogens (tertiary/aromatic N) is 3. The van der Waals surface area contributed by atoms with Crippen molar-refractivity contribution >= 4 is 11.9 Å². The summed E-state index contributed by atoms with van der Waals surface area (Å²) >= 11 is 0. The van der Waals surface area contributed by atoms with Crippen LogP contribution in [0.2, 0.25) is 0 Å². The summed E-state index contributed by atoms with van der Waals surface area (Å²) in [5, 5.41) is 2.78. The van der Waals surface area contributed by atoms with E-state index in [4.69, 9.17) is 0 Å². The molecule has 5 nitrogen and oxygen atoms in total. The summed E-state index contributed by atoms with van der Waals surface area (Å²) in [5.74, 6) is 0.126. The van der Waals surface area contributed by atoms with Gasteiger partial charge in [-0.25, -0.2) is 14.4 Å². The maximum absolute atomic E-state index is 13.5. The molecule has 1 aromatic carbocycles. The van der Waals surface area contributed by atoms with Gasteiger partial charge in [0, 0.05) is 19.3 Å². The zero-order valence-electron chi connectivity index (χ0n) is 12.8. The number of carbonyl (C=O) groups excluding carboxylic acids is 1. The number of carbonyl (C=O) groups is 1. The molecule has 120 valence electrons. The number of hydrogen-bond acceptors (Lipinski definition) is 4. The van der Waals surface area contributed by atoms with Crippen LogP contribution in [0.1, 0.15) is 24.1 Å². The van der Waals surface area contributed by atoms with Gasteiger partial charge in [0.15, 0.2) is 0 Å². The van der Waals surface area contributed by atoms with E-state index in [9.17, 15) is 9.18 Å². The lowest BCUT2D eigenvalue weighted by Gasteiger charge is -2.15. The highest BCUT2D eigenvalue weighted by Gasteiger charge is 2.15. The van der Waals surface area contributed by atoms with E-state index in [0.29, 0.717) is 18.1 Å². The number of halogens is 1. The fourth-order valence-corrected chi connectivity index (χ4v) is 2.62. The number of aromatic nitrogens is 2. The van der Waals surface area contributed by atoms with Crippen molar-refractivity contribution in [3.8, 4) is 0 Å². The average Bonchev–Trinajstić information content (AvgIpc) is 3.10. The van der Waals surface area contributed by atoms with Gasteiger partial charge in [-0.3, -0.25) is 4.79 Å². The summed E-state index contributed by atoms with van der Waals surface area (Å²) in [4.78, 5) is 22.8. The van der Waals surface area contributed by atoms with E-state index in [1.807, 2.05) is 0 Å². The van der Waals surface area contributed by atoms with Gasteiger partial charge in [0.05, 0.1) is 18.7 Å². The van der Waals surface area contributed by atoms with E-state index >= 15 is 0 Å². The van der Waals surface area contributed by atoms with Crippen molar-refractivity contribution in [2.24, 2.45) is 0 Å². The van der Waals surface area contributed by atoms with Crippen molar-refractivity contribution in [3.63, 3.8) is 0 Å². The number of rotatable bonds is 5. The molecule has 0 saturated carbocycles. The molecule has 1 saturated heterocycles. The first-order chi connectivity index (χ1) is 11.2. The van der Waals surface area contributed by atoms with Crippen LogP contribution in [0, 0.1) is 5.82 Å². The lowest BCUT2D eigenvalue weighted by atomic mass is 10.1. The summed E-state index contributed by atoms with van der Waals surface area (Å²) in [6.07, 6.45) is 4.05. The highest BCUT2D eigenvalue weighted by atomic mass is 19.1. The molecule has 0 atom stereocenters. The van der Waals surface area contributed by atoms with Gasteiger partial charge in [-0.2, -0.15) is 0 Å². The largest absolute Gasteiger partial charge is 0.350 e. The highest BCUT2D eigenvalue weighted by Crippen LogP contribution is 2.15. The minimum Gasteiger partial charge on any atom is -0.350 e. The predicted octanol–water partition coefficient (Wildman–Crippen LogP) is 2.07. The number of anilines is 1. The molecule has 23 heavy (non-hydrogen) atoms. The Labute approximate surface area is 134 Å². The molecule has 6 heteroatoms. The van der Waals surface area contributed by atoms with E-state index in [1.165, 1.54) is 6.07 Å². The Morgan fingerprint density at radius 2 is 2.00 bits per heavy atom. The van der Waals surface area contributed by atoms with Crippen molar-refractivity contribution in [2.45, 2.75) is 25.8 Å². The number of benzene rings is 1. The van der Waals surface area contributed by atoms with Gasteiger partial charge >= 0.3 is 0 Å². The first-order valence-electron chi connectivity index (χ1n) is 7.79. The van der Waals surface area contributed by atoms with E-state index in [0.717, 1.165) is 31.6 Å². The molecule has 3 rings (SSSR count). The Kier molecular flexibility index (Phi) is 4.80. The van der Waals surface area contributed by atoms with Crippen LogP contribution in [0.5, 0.6) is 0 Å². The van der Waals surface area contributed by atoms with Gasteiger partial charge in [-0.1, -0.05) is 18.2 Å². The molecular formula is C17H19FN4O. The topological polar surface area (TPSA) is 58.1 Å². The van der Waals surface area contributed by atoms with Crippen molar-refractivity contribution in [2.75, 3.05) is 18.0 Å². The third-order valence-electron chi connectivity index (χ3n) is 3.86. The van der Waals surface area contributed by atoms with Crippen LogP contribution in [0.4, 0.5) is 10.3 Å². The van der Waals surface area contributed by atoms with Crippen LogP contribution in [0.3, 0.4) is 0 Å². The highest BCUT2D eigenvalue weighted by molar-refractivity contribution is 5.78. The van der Waals surface area contributed by atoms with Crippen LogP contribution >= 0.6 is 0 Å². The fraction of sp³-hybridized carbons (Fsp3) is 0.353. The van der Waals surface area contributed by atoms with Crippen molar-refractivity contribution in [3.05, 3.63) is 53.6 Å². The van der Waals surface area contributed by atoms with E-state index in [2.05, 4.69) is 20.2 Å². The second-order valence-electron chi connectivity index (χ2n) is 5.59. The van der Waals surface area contributed by atoms with E-state index in [-0.39, 0.29) is 18.1 Å². The van der Waals surface area contributed by atoms with Crippen LogP contribution < -0.4 is 10.2 Å². The van der Waals surface area contributed by atoms with Gasteiger partial charge in [0.25, 0.3) is 0 Å². The monoisotopic (exact) mass is 314 g/mol. The SMILES string of the molecule is O=C(Cc1ccccc1F)NCc1ccnc(N2CCCC2)n1. The Hall–Kier alpha value is -2.50. The third kappa shape index (κ3) is 4.03. The predicted molar refractivity (Wildman–Crippen MR) is 85.4 cm³/mol. The molecule has 2 heterocycles. The molecule has 1 N–H and O–H groups in total. The molecular weight excluding hydrogens is 295 g/mol. The Morgan fingerprint density at radius 1 is 1.22 bits per heavy atom. The third-order valence-corrected chi connectivity index (χ3v) is 3.86. The van der Waals surface area contributed by atoms with Crippen LogP contribution in [0.25, 0.3) is 0 Å². The Morgan fingerprint density at radius 3 is 2.78 bits per heavy atom. The lowest BCUT2D eigenvalue weighted by molar-refractivity contribution is -0.120. The van der Waals surface area contributed by atoms with Gasteiger partial charge in [-0.15, -0.1) is 0 Å². The quantitative estimate of drug-likeness (QED) is 0.918. The van der Waals surface area contributed by atoms with Crippen LogP contribution in [-0.4, -0.2) is 29.0 Å². The molecule has 0 spiro atoms. The first kappa shape index (κ1) is 15.4. The van der Waals surface area contributed by atoms with Crippen LogP contribution in [0.15, 0.2) is 36.5 Å². The molecule has 0 aliphatic carbocycles. The Balaban J connectivity index is 1.56. The zero-order valence-corrected chi connectivity index (χ0v) is 12.8. The van der Waals surface area contributed by atoms with Gasteiger partial charge in [0.1, 0.15) is 5.82 Å². The lowest BCUT2D eigenvalue weighted by Crippen LogP contribution is -2.26. The molecule has 2 aromatic rings. The van der Waals surface area contributed by atoms with Gasteiger partial charge < -0.3 is 10.2 Å². The standard InChI is InChI=1S/C17H19FN4O/c18-15-6-2-1-5-13(15)11-16(23)20-12-14-7-8-19-17(21-14)22-9-3-4-10-22/h1-2,5-8H,3-4,9-12H2,(H,20,23). The van der Waals surface area contributed by atoms with E-state index in [1.54, 1.807) is 30.5 Å². The minimum absolute atomic E-state index is 0.0245. The van der Waals surface area contributed by atoms with Crippen molar-refractivity contribution in [1.29, 1.82) is 0 Å². The number of amides is 1. The van der Waals surface area contributed by atoms with Gasteiger partial charge in [-0.05, 0) is 30.5 Å². The maximum atomic E-state index is 13.5.